The molecule has 154 valence electrons. The Bertz CT molecular complexity index is 1170. The maximum atomic E-state index is 6.45. The lowest BCUT2D eigenvalue weighted by Gasteiger charge is -2.20. The van der Waals surface area contributed by atoms with Crippen molar-refractivity contribution in [1.29, 1.82) is 0 Å². The maximum Gasteiger partial charge on any atom is 0.196 e. The van der Waals surface area contributed by atoms with Crippen LogP contribution in [-0.2, 0) is 5.75 Å². The van der Waals surface area contributed by atoms with E-state index >= 15 is 0 Å². The Morgan fingerprint density at radius 2 is 1.77 bits per heavy atom. The van der Waals surface area contributed by atoms with Crippen molar-refractivity contribution >= 4 is 45.9 Å². The van der Waals surface area contributed by atoms with Gasteiger partial charge in [-0.3, -0.25) is 9.47 Å². The Morgan fingerprint density at radius 1 is 1.03 bits per heavy atom. The van der Waals surface area contributed by atoms with Gasteiger partial charge in [0.1, 0.15) is 5.15 Å². The van der Waals surface area contributed by atoms with Crippen LogP contribution in [0.4, 0.5) is 0 Å². The minimum atomic E-state index is 0.0912. The van der Waals surface area contributed by atoms with Gasteiger partial charge in [0.05, 0.1) is 11.6 Å². The minimum absolute atomic E-state index is 0.0912. The van der Waals surface area contributed by atoms with E-state index in [1.165, 1.54) is 0 Å². The number of nitrogens with zero attached hydrogens (tertiary/aromatic N) is 5. The number of aromatic nitrogens is 4. The van der Waals surface area contributed by atoms with Gasteiger partial charge in [0.2, 0.25) is 0 Å². The van der Waals surface area contributed by atoms with Gasteiger partial charge < -0.3 is 0 Å². The Balaban J connectivity index is 1.69. The predicted molar refractivity (Wildman–Crippen MR) is 125 cm³/mol. The molecule has 0 bridgehead atoms. The summed E-state index contributed by atoms with van der Waals surface area (Å²) in [6, 6.07) is 17.8. The molecule has 2 aromatic heterocycles. The van der Waals surface area contributed by atoms with E-state index in [4.69, 9.17) is 23.2 Å². The van der Waals surface area contributed by atoms with Gasteiger partial charge >= 0.3 is 0 Å². The summed E-state index contributed by atoms with van der Waals surface area (Å²) in [5.41, 5.74) is 2.83. The monoisotopic (exact) mass is 457 g/mol. The summed E-state index contributed by atoms with van der Waals surface area (Å²) in [5, 5.41) is 12.0. The first-order valence-electron chi connectivity index (χ1n) is 9.48. The average Bonchev–Trinajstić information content (AvgIpc) is 3.16. The standard InChI is InChI=1S/C22H21Cl2N5S/c1-14(28(2)3)21-26-27-22(29(21)18-10-8-17(23)9-11-18)30-13-16-12-15-6-4-5-7-19(15)25-20(16)24/h4-12,14H,13H2,1-3H3/t14-/m0/s1. The summed E-state index contributed by atoms with van der Waals surface area (Å²) in [7, 11) is 4.05. The van der Waals surface area contributed by atoms with Gasteiger partial charge in [0.15, 0.2) is 11.0 Å². The molecule has 0 N–H and O–H groups in total. The quantitative estimate of drug-likeness (QED) is 0.261. The van der Waals surface area contributed by atoms with Crippen LogP contribution in [0, 0.1) is 0 Å². The number of para-hydroxylation sites is 1. The third-order valence-electron chi connectivity index (χ3n) is 5.00. The van der Waals surface area contributed by atoms with Crippen LogP contribution in [0.5, 0.6) is 0 Å². The Kier molecular flexibility index (Phi) is 6.29. The highest BCUT2D eigenvalue weighted by Crippen LogP contribution is 2.31. The average molecular weight is 458 g/mol. The van der Waals surface area contributed by atoms with Crippen LogP contribution < -0.4 is 0 Å². The third kappa shape index (κ3) is 4.32. The Morgan fingerprint density at radius 3 is 2.50 bits per heavy atom. The molecule has 0 spiro atoms. The Hall–Kier alpha value is -2.12. The summed E-state index contributed by atoms with van der Waals surface area (Å²) < 4.78 is 2.08. The zero-order valence-corrected chi connectivity index (χ0v) is 19.2. The second-order valence-electron chi connectivity index (χ2n) is 7.21. The van der Waals surface area contributed by atoms with E-state index in [9.17, 15) is 0 Å². The lowest BCUT2D eigenvalue weighted by atomic mass is 10.2. The van der Waals surface area contributed by atoms with Crippen LogP contribution in [0.3, 0.4) is 0 Å². The van der Waals surface area contributed by atoms with Crippen LogP contribution in [-0.4, -0.2) is 38.7 Å². The van der Waals surface area contributed by atoms with E-state index in [0.29, 0.717) is 15.9 Å². The summed E-state index contributed by atoms with van der Waals surface area (Å²) in [4.78, 5) is 6.63. The van der Waals surface area contributed by atoms with Crippen molar-refractivity contribution in [1.82, 2.24) is 24.6 Å². The lowest BCUT2D eigenvalue weighted by molar-refractivity contribution is 0.305. The summed E-state index contributed by atoms with van der Waals surface area (Å²) >= 11 is 14.1. The van der Waals surface area contributed by atoms with Crippen molar-refractivity contribution in [2.45, 2.75) is 23.9 Å². The summed E-state index contributed by atoms with van der Waals surface area (Å²) in [6.07, 6.45) is 0. The van der Waals surface area contributed by atoms with Crippen molar-refractivity contribution in [3.63, 3.8) is 0 Å². The molecule has 2 heterocycles. The van der Waals surface area contributed by atoms with Crippen molar-refractivity contribution in [3.05, 3.63) is 76.2 Å². The van der Waals surface area contributed by atoms with Crippen molar-refractivity contribution < 1.29 is 0 Å². The molecule has 4 rings (SSSR count). The largest absolute Gasteiger partial charge is 0.300 e. The topological polar surface area (TPSA) is 46.8 Å². The van der Waals surface area contributed by atoms with Crippen LogP contribution in [0.2, 0.25) is 10.2 Å². The van der Waals surface area contributed by atoms with Gasteiger partial charge in [0, 0.05) is 27.4 Å². The molecule has 2 aromatic carbocycles. The van der Waals surface area contributed by atoms with Gasteiger partial charge in [0.25, 0.3) is 0 Å². The van der Waals surface area contributed by atoms with E-state index in [2.05, 4.69) is 37.6 Å². The molecule has 0 saturated heterocycles. The first kappa shape index (κ1) is 21.1. The smallest absolute Gasteiger partial charge is 0.196 e. The molecule has 0 aliphatic rings. The molecule has 30 heavy (non-hydrogen) atoms. The highest BCUT2D eigenvalue weighted by molar-refractivity contribution is 7.98. The molecular weight excluding hydrogens is 437 g/mol. The van der Waals surface area contributed by atoms with Gasteiger partial charge in [-0.25, -0.2) is 4.98 Å². The normalized spacial score (nSPS) is 12.6. The zero-order valence-electron chi connectivity index (χ0n) is 16.9. The molecule has 8 heteroatoms. The first-order chi connectivity index (χ1) is 14.4. The number of fused-ring (bicyclic) bond motifs is 1. The van der Waals surface area contributed by atoms with Crippen molar-refractivity contribution in [2.24, 2.45) is 0 Å². The second-order valence-corrected chi connectivity index (χ2v) is 8.95. The molecule has 0 amide bonds. The highest BCUT2D eigenvalue weighted by atomic mass is 35.5. The molecule has 0 saturated carbocycles. The number of benzene rings is 2. The number of rotatable bonds is 6. The van der Waals surface area contributed by atoms with E-state index in [-0.39, 0.29) is 6.04 Å². The number of thioether (sulfide) groups is 1. The fraction of sp³-hybridized carbons (Fsp3) is 0.227. The molecule has 0 unspecified atom stereocenters. The Labute approximate surface area is 190 Å². The van der Waals surface area contributed by atoms with Gasteiger partial charge in [-0.15, -0.1) is 10.2 Å². The number of hydrogen-bond acceptors (Lipinski definition) is 5. The van der Waals surface area contributed by atoms with Gasteiger partial charge in [-0.2, -0.15) is 0 Å². The lowest BCUT2D eigenvalue weighted by Crippen LogP contribution is -2.20. The van der Waals surface area contributed by atoms with E-state index in [1.54, 1.807) is 11.8 Å². The number of pyridine rings is 1. The second kappa shape index (κ2) is 8.94. The molecule has 4 aromatic rings. The molecular formula is C22H21Cl2N5S. The van der Waals surface area contributed by atoms with Crippen molar-refractivity contribution in [3.8, 4) is 5.69 Å². The summed E-state index contributed by atoms with van der Waals surface area (Å²) in [5.74, 6) is 1.51. The minimum Gasteiger partial charge on any atom is -0.300 e. The zero-order chi connectivity index (χ0) is 21.3. The van der Waals surface area contributed by atoms with Gasteiger partial charge in [-0.1, -0.05) is 53.2 Å². The van der Waals surface area contributed by atoms with E-state index in [0.717, 1.165) is 33.1 Å². The molecule has 0 aliphatic carbocycles. The van der Waals surface area contributed by atoms with E-state index in [1.807, 2.05) is 62.6 Å². The molecule has 0 radical (unpaired) electrons. The van der Waals surface area contributed by atoms with Crippen LogP contribution >= 0.6 is 35.0 Å². The maximum absolute atomic E-state index is 6.45. The third-order valence-corrected chi connectivity index (χ3v) is 6.56. The van der Waals surface area contributed by atoms with Crippen molar-refractivity contribution in [2.75, 3.05) is 14.1 Å². The van der Waals surface area contributed by atoms with Crippen LogP contribution in [0.25, 0.3) is 16.6 Å². The number of halogens is 2. The fourth-order valence-electron chi connectivity index (χ4n) is 3.09. The number of hydrogen-bond donors (Lipinski definition) is 0. The van der Waals surface area contributed by atoms with Gasteiger partial charge in [-0.05, 0) is 57.4 Å². The molecule has 0 aliphatic heterocycles. The molecule has 1 atom stereocenters. The highest BCUT2D eigenvalue weighted by Gasteiger charge is 2.21. The van der Waals surface area contributed by atoms with E-state index < -0.39 is 0 Å². The van der Waals surface area contributed by atoms with Crippen LogP contribution in [0.1, 0.15) is 24.4 Å². The van der Waals surface area contributed by atoms with Crippen LogP contribution in [0.15, 0.2) is 59.8 Å². The SMILES string of the molecule is C[C@@H](c1nnc(SCc2cc3ccccc3nc2Cl)n1-c1ccc(Cl)cc1)N(C)C. The summed E-state index contributed by atoms with van der Waals surface area (Å²) in [6.45, 7) is 2.11. The fourth-order valence-corrected chi connectivity index (χ4v) is 4.44. The first-order valence-corrected chi connectivity index (χ1v) is 11.2. The molecule has 0 fully saturated rings. The molecule has 5 nitrogen and oxygen atoms in total. The predicted octanol–water partition coefficient (Wildman–Crippen LogP) is 6.04.